The average Bonchev–Trinajstić information content (AvgIpc) is 3.55. The van der Waals surface area contributed by atoms with E-state index in [1.54, 1.807) is 0 Å². The molecule has 1 aromatic rings. The van der Waals surface area contributed by atoms with Crippen LogP contribution in [0, 0.1) is 17.7 Å². The van der Waals surface area contributed by atoms with Crippen LogP contribution in [0.1, 0.15) is 57.8 Å². The maximum atomic E-state index is 13.5. The van der Waals surface area contributed by atoms with Crippen LogP contribution in [0.2, 0.25) is 5.02 Å². The minimum Gasteiger partial charge on any atom is -0.484 e. The molecule has 2 bridgehead atoms. The first kappa shape index (κ1) is 21.7. The van der Waals surface area contributed by atoms with Crippen molar-refractivity contribution < 1.29 is 18.7 Å². The van der Waals surface area contributed by atoms with Crippen molar-refractivity contribution >= 4 is 29.1 Å². The van der Waals surface area contributed by atoms with Crippen LogP contribution in [0.25, 0.3) is 0 Å². The van der Waals surface area contributed by atoms with Gasteiger partial charge in [-0.15, -0.1) is 0 Å². The summed E-state index contributed by atoms with van der Waals surface area (Å²) in [5.41, 5.74) is 0.205. The van der Waals surface area contributed by atoms with Gasteiger partial charge in [-0.25, -0.2) is 4.39 Å². The van der Waals surface area contributed by atoms with Gasteiger partial charge in [0, 0.05) is 23.7 Å². The number of aliphatic imine (C=N–C) groups is 1. The number of carbonyl (C=O) groups excluding carboxylic acids is 2. The Balaban J connectivity index is 1.02. The molecular formula is C24H29ClFN3O3. The number of amides is 2. The van der Waals surface area contributed by atoms with Crippen LogP contribution in [0.15, 0.2) is 23.2 Å². The Bertz CT molecular complexity index is 942. The molecule has 4 fully saturated rings. The number of hydrogen-bond donors (Lipinski definition) is 2. The van der Waals surface area contributed by atoms with E-state index >= 15 is 0 Å². The second-order valence-electron chi connectivity index (χ2n) is 10.2. The number of carbonyl (C=O) groups is 2. The van der Waals surface area contributed by atoms with Crippen molar-refractivity contribution in [1.82, 2.24) is 10.6 Å². The van der Waals surface area contributed by atoms with Gasteiger partial charge in [0.2, 0.25) is 0 Å². The Labute approximate surface area is 192 Å². The molecule has 2 N–H and O–H groups in total. The lowest BCUT2D eigenvalue weighted by atomic mass is 9.44. The third-order valence-electron chi connectivity index (χ3n) is 7.35. The zero-order valence-corrected chi connectivity index (χ0v) is 18.8. The van der Waals surface area contributed by atoms with Gasteiger partial charge in [-0.1, -0.05) is 30.9 Å². The zero-order valence-electron chi connectivity index (χ0n) is 18.1. The summed E-state index contributed by atoms with van der Waals surface area (Å²) in [6.45, 7) is 0.584. The maximum absolute atomic E-state index is 13.5. The number of ether oxygens (including phenoxy) is 1. The highest BCUT2D eigenvalue weighted by atomic mass is 35.5. The van der Waals surface area contributed by atoms with E-state index in [2.05, 4.69) is 15.6 Å². The minimum atomic E-state index is -0.585. The summed E-state index contributed by atoms with van der Waals surface area (Å²) in [6.07, 6.45) is 9.35. The summed E-state index contributed by atoms with van der Waals surface area (Å²) in [7, 11) is 0. The number of hydrogen-bond acceptors (Lipinski definition) is 4. The molecule has 4 saturated carbocycles. The topological polar surface area (TPSA) is 79.8 Å². The van der Waals surface area contributed by atoms with Crippen molar-refractivity contribution in [2.24, 2.45) is 16.8 Å². The third kappa shape index (κ3) is 4.63. The van der Waals surface area contributed by atoms with Gasteiger partial charge in [0.15, 0.2) is 6.61 Å². The normalized spacial score (nSPS) is 30.4. The molecule has 1 atom stereocenters. The fraction of sp³-hybridized carbons (Fsp3) is 0.625. The van der Waals surface area contributed by atoms with E-state index in [0.717, 1.165) is 50.6 Å². The van der Waals surface area contributed by atoms with E-state index in [0.29, 0.717) is 11.6 Å². The van der Waals surface area contributed by atoms with E-state index < -0.39 is 5.82 Å². The molecule has 1 heterocycles. The van der Waals surface area contributed by atoms with Crippen LogP contribution in [0.5, 0.6) is 5.75 Å². The first-order valence-electron chi connectivity index (χ1n) is 11.6. The molecule has 172 valence electrons. The smallest absolute Gasteiger partial charge is 0.265 e. The summed E-state index contributed by atoms with van der Waals surface area (Å²) in [4.78, 5) is 29.5. The number of nitrogens with one attached hydrogen (secondary N) is 2. The highest BCUT2D eigenvalue weighted by Gasteiger charge is 2.69. The molecule has 1 aromatic carbocycles. The number of halogens is 2. The van der Waals surface area contributed by atoms with E-state index in [1.807, 2.05) is 0 Å². The standard InChI is InChI=1S/C24H29ClFN3O3/c25-18-7-6-17(9-19(18)26)32-11-21(30)28-23-12-24(13-23,14-23)29-22(31)20-8-5-16(10-27-20)4-3-15-1-2-15/h6-7,9,15-16H,1-5,8,10-14H2,(H,28,30)(H,29,31). The van der Waals surface area contributed by atoms with Gasteiger partial charge in [-0.3, -0.25) is 14.6 Å². The quantitative estimate of drug-likeness (QED) is 0.587. The van der Waals surface area contributed by atoms with Gasteiger partial charge >= 0.3 is 0 Å². The van der Waals surface area contributed by atoms with E-state index in [1.165, 1.54) is 37.8 Å². The maximum Gasteiger partial charge on any atom is 0.265 e. The molecular weight excluding hydrogens is 433 g/mol. The average molecular weight is 462 g/mol. The number of benzene rings is 1. The molecule has 8 heteroatoms. The minimum absolute atomic E-state index is 0.00981. The van der Waals surface area contributed by atoms with Crippen LogP contribution in [-0.4, -0.2) is 41.8 Å². The predicted molar refractivity (Wildman–Crippen MR) is 119 cm³/mol. The lowest BCUT2D eigenvalue weighted by Gasteiger charge is -2.70. The van der Waals surface area contributed by atoms with Gasteiger partial charge in [0.25, 0.3) is 11.8 Å². The van der Waals surface area contributed by atoms with E-state index in [-0.39, 0.29) is 40.3 Å². The van der Waals surface area contributed by atoms with Crippen LogP contribution in [0.4, 0.5) is 4.39 Å². The summed E-state index contributed by atoms with van der Waals surface area (Å²) in [5, 5.41) is 6.18. The highest BCUT2D eigenvalue weighted by Crippen LogP contribution is 2.60. The Kier molecular flexibility index (Phi) is 5.64. The lowest BCUT2D eigenvalue weighted by molar-refractivity contribution is -0.147. The molecule has 6 nitrogen and oxygen atoms in total. The largest absolute Gasteiger partial charge is 0.484 e. The Morgan fingerprint density at radius 1 is 1.09 bits per heavy atom. The zero-order chi connectivity index (χ0) is 22.3. The van der Waals surface area contributed by atoms with Crippen LogP contribution in [0.3, 0.4) is 0 Å². The third-order valence-corrected chi connectivity index (χ3v) is 7.65. The van der Waals surface area contributed by atoms with Gasteiger partial charge in [0.1, 0.15) is 11.6 Å². The second-order valence-corrected chi connectivity index (χ2v) is 10.6. The van der Waals surface area contributed by atoms with Gasteiger partial charge < -0.3 is 15.4 Å². The Morgan fingerprint density at radius 2 is 1.81 bits per heavy atom. The van der Waals surface area contributed by atoms with Gasteiger partial charge in [-0.2, -0.15) is 0 Å². The van der Waals surface area contributed by atoms with Crippen molar-refractivity contribution in [3.8, 4) is 5.75 Å². The van der Waals surface area contributed by atoms with Crippen molar-refractivity contribution in [3.63, 3.8) is 0 Å². The van der Waals surface area contributed by atoms with Crippen LogP contribution >= 0.6 is 11.6 Å². The monoisotopic (exact) mass is 461 g/mol. The molecule has 0 radical (unpaired) electrons. The summed E-state index contributed by atoms with van der Waals surface area (Å²) >= 11 is 5.64. The van der Waals surface area contributed by atoms with Crippen molar-refractivity contribution in [2.75, 3.05) is 13.2 Å². The van der Waals surface area contributed by atoms with E-state index in [9.17, 15) is 14.0 Å². The van der Waals surface area contributed by atoms with Crippen molar-refractivity contribution in [1.29, 1.82) is 0 Å². The predicted octanol–water partition coefficient (Wildman–Crippen LogP) is 3.81. The van der Waals surface area contributed by atoms with Gasteiger partial charge in [0.05, 0.1) is 10.7 Å². The number of nitrogens with zero attached hydrogens (tertiary/aromatic N) is 1. The fourth-order valence-corrected chi connectivity index (χ4v) is 5.58. The molecule has 4 aliphatic carbocycles. The lowest BCUT2D eigenvalue weighted by Crippen LogP contribution is -2.84. The molecule has 32 heavy (non-hydrogen) atoms. The number of rotatable bonds is 9. The first-order valence-corrected chi connectivity index (χ1v) is 12.0. The molecule has 5 aliphatic rings. The fourth-order valence-electron chi connectivity index (χ4n) is 5.46. The second kappa shape index (κ2) is 8.32. The molecule has 0 spiro atoms. The Hall–Kier alpha value is -2.15. The van der Waals surface area contributed by atoms with Crippen LogP contribution in [-0.2, 0) is 9.59 Å². The molecule has 6 rings (SSSR count). The SMILES string of the molecule is O=C(COc1ccc(Cl)c(F)c1)NC12CC(NC(=O)C3=NCC(CCC4CC4)CC3)(C1)C2. The van der Waals surface area contributed by atoms with Crippen molar-refractivity contribution in [3.05, 3.63) is 29.0 Å². The Morgan fingerprint density at radius 3 is 2.47 bits per heavy atom. The molecule has 2 amide bonds. The molecule has 1 aliphatic heterocycles. The van der Waals surface area contributed by atoms with E-state index in [4.69, 9.17) is 16.3 Å². The first-order chi connectivity index (χ1) is 15.3. The summed E-state index contributed by atoms with van der Waals surface area (Å²) < 4.78 is 18.8. The van der Waals surface area contributed by atoms with Crippen molar-refractivity contribution in [2.45, 2.75) is 68.9 Å². The molecule has 0 aromatic heterocycles. The molecule has 1 unspecified atom stereocenters. The summed E-state index contributed by atoms with van der Waals surface area (Å²) in [6, 6.07) is 4.07. The summed E-state index contributed by atoms with van der Waals surface area (Å²) in [5.74, 6) is 0.955. The molecule has 0 saturated heterocycles. The highest BCUT2D eigenvalue weighted by molar-refractivity contribution is 6.39. The van der Waals surface area contributed by atoms with Crippen LogP contribution < -0.4 is 15.4 Å². The van der Waals surface area contributed by atoms with Gasteiger partial charge in [-0.05, 0) is 62.5 Å².